The van der Waals surface area contributed by atoms with E-state index < -0.39 is 0 Å². The van der Waals surface area contributed by atoms with Crippen molar-refractivity contribution in [2.24, 2.45) is 0 Å². The lowest BCUT2D eigenvalue weighted by molar-refractivity contribution is 0.101. The van der Waals surface area contributed by atoms with Gasteiger partial charge in [0.1, 0.15) is 5.75 Å². The summed E-state index contributed by atoms with van der Waals surface area (Å²) in [5.74, 6) is 0.544. The van der Waals surface area contributed by atoms with Crippen LogP contribution in [0.3, 0.4) is 0 Å². The van der Waals surface area contributed by atoms with Crippen molar-refractivity contribution in [3.8, 4) is 5.75 Å². The van der Waals surface area contributed by atoms with Crippen LogP contribution in [0.5, 0.6) is 5.75 Å². The largest absolute Gasteiger partial charge is 0.470 e. The molecule has 0 bridgehead atoms. The Bertz CT molecular complexity index is 1320. The fourth-order valence-corrected chi connectivity index (χ4v) is 4.20. The number of nitrogens with zero attached hydrogens (tertiary/aromatic N) is 4. The van der Waals surface area contributed by atoms with E-state index in [0.29, 0.717) is 33.2 Å². The quantitative estimate of drug-likeness (QED) is 0.278. The third-order valence-corrected chi connectivity index (χ3v) is 6.05. The van der Waals surface area contributed by atoms with Gasteiger partial charge in [-0.25, -0.2) is 4.68 Å². The molecule has 7 nitrogen and oxygen atoms in total. The lowest BCUT2D eigenvalue weighted by Gasteiger charge is -2.08. The summed E-state index contributed by atoms with van der Waals surface area (Å²) in [6.07, 6.45) is 1.65. The topological polar surface area (TPSA) is 74.0 Å². The van der Waals surface area contributed by atoms with Crippen LogP contribution in [-0.2, 0) is 13.3 Å². The molecule has 0 saturated carbocycles. The van der Waals surface area contributed by atoms with Crippen LogP contribution in [0.25, 0.3) is 0 Å². The number of nitrogens with one attached hydrogen (secondary N) is 1. The van der Waals surface area contributed by atoms with Gasteiger partial charge in [-0.05, 0) is 48.9 Å². The van der Waals surface area contributed by atoms with Crippen molar-refractivity contribution in [1.82, 2.24) is 19.6 Å². The third kappa shape index (κ3) is 5.89. The molecule has 0 atom stereocenters. The van der Waals surface area contributed by atoms with Gasteiger partial charge in [0.2, 0.25) is 0 Å². The molecule has 2 heterocycles. The summed E-state index contributed by atoms with van der Waals surface area (Å²) in [4.78, 5) is 12.6. The molecule has 0 fully saturated rings. The Morgan fingerprint density at radius 2 is 1.88 bits per heavy atom. The minimum atomic E-state index is -0.385. The summed E-state index contributed by atoms with van der Waals surface area (Å²) in [6.45, 7) is 2.44. The molecule has 11 heteroatoms. The summed E-state index contributed by atoms with van der Waals surface area (Å²) >= 11 is 21.7. The molecule has 1 amide bonds. The molecule has 0 saturated heterocycles. The smallest absolute Gasteiger partial charge is 0.277 e. The van der Waals surface area contributed by atoms with Gasteiger partial charge in [-0.2, -0.15) is 10.2 Å². The first-order valence-corrected chi connectivity index (χ1v) is 11.6. The second-order valence-corrected chi connectivity index (χ2v) is 9.27. The van der Waals surface area contributed by atoms with Gasteiger partial charge in [-0.3, -0.25) is 9.48 Å². The van der Waals surface area contributed by atoms with Crippen LogP contribution in [0.4, 0.5) is 5.82 Å². The van der Waals surface area contributed by atoms with Crippen molar-refractivity contribution in [2.45, 2.75) is 20.2 Å². The summed E-state index contributed by atoms with van der Waals surface area (Å²) < 4.78 is 9.77. The summed E-state index contributed by atoms with van der Waals surface area (Å²) in [7, 11) is 0. The molecular formula is C22H17BrCl3N5O2. The molecule has 0 aliphatic rings. The number of carbonyl (C=O) groups excluding carboxylic acids is 1. The van der Waals surface area contributed by atoms with Crippen molar-refractivity contribution >= 4 is 62.5 Å². The van der Waals surface area contributed by atoms with Gasteiger partial charge >= 0.3 is 0 Å². The third-order valence-electron chi connectivity index (χ3n) is 4.68. The molecule has 33 heavy (non-hydrogen) atoms. The normalized spacial score (nSPS) is 10.9. The van der Waals surface area contributed by atoms with Gasteiger partial charge in [-0.15, -0.1) is 0 Å². The number of carbonyl (C=O) groups is 1. The molecule has 0 radical (unpaired) electrons. The van der Waals surface area contributed by atoms with Crippen LogP contribution in [0.2, 0.25) is 15.1 Å². The minimum Gasteiger partial charge on any atom is -0.470 e. The van der Waals surface area contributed by atoms with E-state index in [1.54, 1.807) is 47.3 Å². The molecule has 1 N–H and O–H groups in total. The van der Waals surface area contributed by atoms with E-state index in [9.17, 15) is 4.79 Å². The molecule has 0 spiro atoms. The Hall–Kier alpha value is -2.52. The van der Waals surface area contributed by atoms with E-state index in [1.807, 2.05) is 19.1 Å². The molecular weight excluding hydrogens is 553 g/mol. The van der Waals surface area contributed by atoms with Gasteiger partial charge in [0.25, 0.3) is 5.91 Å². The molecule has 2 aromatic heterocycles. The molecule has 4 rings (SSSR count). The zero-order valence-electron chi connectivity index (χ0n) is 17.2. The Morgan fingerprint density at radius 1 is 1.06 bits per heavy atom. The maximum Gasteiger partial charge on any atom is 0.277 e. The van der Waals surface area contributed by atoms with Gasteiger partial charge in [0, 0.05) is 32.5 Å². The Balaban J connectivity index is 1.38. The highest BCUT2D eigenvalue weighted by Gasteiger charge is 2.14. The Labute approximate surface area is 213 Å². The summed E-state index contributed by atoms with van der Waals surface area (Å²) in [5.41, 5.74) is 1.96. The number of anilines is 1. The summed E-state index contributed by atoms with van der Waals surface area (Å²) in [6, 6.07) is 14.0. The number of aromatic nitrogens is 4. The van der Waals surface area contributed by atoms with E-state index in [-0.39, 0.29) is 18.3 Å². The van der Waals surface area contributed by atoms with Crippen LogP contribution in [-0.4, -0.2) is 25.5 Å². The molecule has 0 aliphatic carbocycles. The standard InChI is InChI=1S/C22H17BrCl3N5O2/c1-13-8-21(29-31(13)11-14-2-4-16(24)10-17(14)25)27-22(32)19-6-7-30(28-19)12-33-20-5-3-15(23)9-18(20)26/h2-10H,11-12H2,1H3,(H,27,29,32). The number of ether oxygens (including phenoxy) is 1. The number of halogens is 4. The number of aryl methyl sites for hydroxylation is 1. The van der Waals surface area contributed by atoms with E-state index in [1.165, 1.54) is 4.68 Å². The van der Waals surface area contributed by atoms with Crippen LogP contribution in [0.15, 0.2) is 59.2 Å². The van der Waals surface area contributed by atoms with E-state index in [2.05, 4.69) is 31.4 Å². The van der Waals surface area contributed by atoms with E-state index in [4.69, 9.17) is 39.5 Å². The van der Waals surface area contributed by atoms with Crippen molar-refractivity contribution in [2.75, 3.05) is 5.32 Å². The van der Waals surface area contributed by atoms with E-state index in [0.717, 1.165) is 15.7 Å². The fraction of sp³-hybridized carbons (Fsp3) is 0.136. The van der Waals surface area contributed by atoms with Crippen LogP contribution < -0.4 is 10.1 Å². The molecule has 0 aliphatic heterocycles. The second-order valence-electron chi connectivity index (χ2n) is 7.11. The van der Waals surface area contributed by atoms with Crippen molar-refractivity contribution in [1.29, 1.82) is 0 Å². The van der Waals surface area contributed by atoms with E-state index >= 15 is 0 Å². The molecule has 0 unspecified atom stereocenters. The maximum atomic E-state index is 12.6. The predicted octanol–water partition coefficient (Wildman–Crippen LogP) is 6.45. The first kappa shape index (κ1) is 23.6. The lowest BCUT2D eigenvalue weighted by atomic mass is 10.2. The van der Waals surface area contributed by atoms with Gasteiger partial charge in [0.15, 0.2) is 18.2 Å². The first-order chi connectivity index (χ1) is 15.8. The molecule has 2 aromatic carbocycles. The Kier molecular flexibility index (Phi) is 7.29. The highest BCUT2D eigenvalue weighted by Crippen LogP contribution is 2.28. The van der Waals surface area contributed by atoms with Crippen molar-refractivity contribution < 1.29 is 9.53 Å². The minimum absolute atomic E-state index is 0.101. The van der Waals surface area contributed by atoms with Crippen LogP contribution >= 0.6 is 50.7 Å². The Morgan fingerprint density at radius 3 is 2.64 bits per heavy atom. The fourth-order valence-electron chi connectivity index (χ4n) is 3.01. The maximum absolute atomic E-state index is 12.6. The second kappa shape index (κ2) is 10.2. The molecule has 170 valence electrons. The van der Waals surface area contributed by atoms with Crippen LogP contribution in [0.1, 0.15) is 21.7 Å². The lowest BCUT2D eigenvalue weighted by Crippen LogP contribution is -2.15. The number of benzene rings is 2. The SMILES string of the molecule is Cc1cc(NC(=O)c2ccn(COc3ccc(Br)cc3Cl)n2)nn1Cc1ccc(Cl)cc1Cl. The highest BCUT2D eigenvalue weighted by molar-refractivity contribution is 9.10. The van der Waals surface area contributed by atoms with Gasteiger partial charge in [0.05, 0.1) is 11.6 Å². The summed E-state index contributed by atoms with van der Waals surface area (Å²) in [5, 5.41) is 13.1. The average molecular weight is 570 g/mol. The first-order valence-electron chi connectivity index (χ1n) is 9.69. The van der Waals surface area contributed by atoms with Gasteiger partial charge in [-0.1, -0.05) is 56.8 Å². The predicted molar refractivity (Wildman–Crippen MR) is 132 cm³/mol. The number of amides is 1. The number of rotatable bonds is 7. The van der Waals surface area contributed by atoms with Gasteiger partial charge < -0.3 is 10.1 Å². The zero-order chi connectivity index (χ0) is 23.5. The average Bonchev–Trinajstić information content (AvgIpc) is 3.36. The van der Waals surface area contributed by atoms with Crippen LogP contribution in [0, 0.1) is 6.92 Å². The highest BCUT2D eigenvalue weighted by atomic mass is 79.9. The zero-order valence-corrected chi connectivity index (χ0v) is 21.1. The van der Waals surface area contributed by atoms with Crippen molar-refractivity contribution in [3.05, 3.63) is 91.2 Å². The van der Waals surface area contributed by atoms with Crippen molar-refractivity contribution in [3.63, 3.8) is 0 Å². The number of hydrogen-bond acceptors (Lipinski definition) is 4. The number of hydrogen-bond donors (Lipinski definition) is 1. The molecule has 4 aromatic rings. The monoisotopic (exact) mass is 567 g/mol.